The second-order valence-corrected chi connectivity index (χ2v) is 5.40. The quantitative estimate of drug-likeness (QED) is 0.793. The predicted molar refractivity (Wildman–Crippen MR) is 71.0 cm³/mol. The maximum atomic E-state index is 3.64. The molecule has 1 N–H and O–H groups in total. The molecule has 1 nitrogen and oxygen atoms in total. The van der Waals surface area contributed by atoms with E-state index in [9.17, 15) is 0 Å². The first-order valence-electron chi connectivity index (χ1n) is 6.49. The zero-order chi connectivity index (χ0) is 11.5. The van der Waals surface area contributed by atoms with Gasteiger partial charge in [0.2, 0.25) is 0 Å². The van der Waals surface area contributed by atoms with Crippen LogP contribution in [0.2, 0.25) is 0 Å². The minimum atomic E-state index is 0.603. The van der Waals surface area contributed by atoms with Crippen molar-refractivity contribution in [3.05, 3.63) is 29.3 Å². The van der Waals surface area contributed by atoms with Crippen LogP contribution in [0, 0.1) is 19.8 Å². The van der Waals surface area contributed by atoms with Crippen LogP contribution in [0.15, 0.2) is 18.2 Å². The van der Waals surface area contributed by atoms with E-state index >= 15 is 0 Å². The number of rotatable bonds is 4. The molecule has 88 valence electrons. The first kappa shape index (κ1) is 11.5. The molecule has 0 amide bonds. The summed E-state index contributed by atoms with van der Waals surface area (Å²) in [5.41, 5.74) is 4.01. The van der Waals surface area contributed by atoms with E-state index in [-0.39, 0.29) is 0 Å². The monoisotopic (exact) mass is 217 g/mol. The van der Waals surface area contributed by atoms with Crippen molar-refractivity contribution in [3.8, 4) is 0 Å². The molecular weight excluding hydrogens is 194 g/mol. The molecule has 1 aromatic rings. The fourth-order valence-corrected chi connectivity index (χ4v) is 2.53. The Morgan fingerprint density at radius 3 is 2.62 bits per heavy atom. The van der Waals surface area contributed by atoms with Gasteiger partial charge in [-0.15, -0.1) is 0 Å². The van der Waals surface area contributed by atoms with Crippen LogP contribution in [-0.2, 0) is 0 Å². The average molecular weight is 217 g/mol. The molecule has 1 fully saturated rings. The Hall–Kier alpha value is -0.980. The maximum absolute atomic E-state index is 3.64. The lowest BCUT2D eigenvalue weighted by atomic mass is 9.81. The fourth-order valence-electron chi connectivity index (χ4n) is 2.53. The van der Waals surface area contributed by atoms with Gasteiger partial charge in [0.15, 0.2) is 0 Å². The van der Waals surface area contributed by atoms with E-state index in [1.54, 1.807) is 0 Å². The second kappa shape index (κ2) is 4.90. The van der Waals surface area contributed by atoms with Gasteiger partial charge in [-0.05, 0) is 44.7 Å². The van der Waals surface area contributed by atoms with Crippen LogP contribution in [0.4, 0.5) is 5.69 Å². The van der Waals surface area contributed by atoms with Gasteiger partial charge in [-0.3, -0.25) is 0 Å². The minimum Gasteiger partial charge on any atom is -0.382 e. The van der Waals surface area contributed by atoms with Crippen LogP contribution in [-0.4, -0.2) is 6.04 Å². The molecular formula is C15H23N. The topological polar surface area (TPSA) is 12.0 Å². The van der Waals surface area contributed by atoms with Crippen LogP contribution >= 0.6 is 0 Å². The molecule has 0 spiro atoms. The van der Waals surface area contributed by atoms with Crippen molar-refractivity contribution in [1.29, 1.82) is 0 Å². The number of hydrogen-bond acceptors (Lipinski definition) is 1. The molecule has 1 heteroatoms. The zero-order valence-corrected chi connectivity index (χ0v) is 10.7. The molecule has 1 aliphatic rings. The molecule has 0 bridgehead atoms. The van der Waals surface area contributed by atoms with Crippen LogP contribution in [0.3, 0.4) is 0 Å². The Morgan fingerprint density at radius 1 is 1.31 bits per heavy atom. The summed E-state index contributed by atoms with van der Waals surface area (Å²) in [4.78, 5) is 0. The van der Waals surface area contributed by atoms with E-state index in [1.807, 2.05) is 0 Å². The van der Waals surface area contributed by atoms with Gasteiger partial charge in [0.25, 0.3) is 0 Å². The summed E-state index contributed by atoms with van der Waals surface area (Å²) in [7, 11) is 0. The smallest absolute Gasteiger partial charge is 0.0372 e. The number of nitrogens with one attached hydrogen (secondary N) is 1. The van der Waals surface area contributed by atoms with Crippen molar-refractivity contribution >= 4 is 5.69 Å². The highest BCUT2D eigenvalue weighted by Crippen LogP contribution is 2.31. The molecule has 1 atom stereocenters. The lowest BCUT2D eigenvalue weighted by molar-refractivity contribution is 0.286. The Balaban J connectivity index is 1.91. The van der Waals surface area contributed by atoms with Crippen LogP contribution in [0.25, 0.3) is 0 Å². The summed E-state index contributed by atoms with van der Waals surface area (Å²) in [6.45, 7) is 6.64. The van der Waals surface area contributed by atoms with E-state index in [0.717, 1.165) is 5.92 Å². The summed E-state index contributed by atoms with van der Waals surface area (Å²) in [5, 5.41) is 3.64. The molecule has 2 rings (SSSR count). The van der Waals surface area contributed by atoms with E-state index < -0.39 is 0 Å². The third kappa shape index (κ3) is 2.78. The van der Waals surface area contributed by atoms with Crippen molar-refractivity contribution in [1.82, 2.24) is 0 Å². The van der Waals surface area contributed by atoms with E-state index in [0.29, 0.717) is 6.04 Å². The van der Waals surface area contributed by atoms with Gasteiger partial charge in [0, 0.05) is 11.7 Å². The van der Waals surface area contributed by atoms with Crippen molar-refractivity contribution in [2.45, 2.75) is 52.5 Å². The summed E-state index contributed by atoms with van der Waals surface area (Å²) in [5.74, 6) is 0.980. The molecule has 1 unspecified atom stereocenters. The van der Waals surface area contributed by atoms with Crippen molar-refractivity contribution in [2.75, 3.05) is 5.32 Å². The highest BCUT2D eigenvalue weighted by molar-refractivity contribution is 5.52. The molecule has 1 aliphatic carbocycles. The molecule has 0 aliphatic heterocycles. The summed E-state index contributed by atoms with van der Waals surface area (Å²) >= 11 is 0. The number of benzene rings is 1. The van der Waals surface area contributed by atoms with Gasteiger partial charge >= 0.3 is 0 Å². The van der Waals surface area contributed by atoms with Crippen LogP contribution in [0.5, 0.6) is 0 Å². The first-order valence-corrected chi connectivity index (χ1v) is 6.49. The third-order valence-corrected chi connectivity index (χ3v) is 3.70. The number of hydrogen-bond donors (Lipinski definition) is 1. The van der Waals surface area contributed by atoms with Crippen molar-refractivity contribution in [3.63, 3.8) is 0 Å². The normalized spacial score (nSPS) is 17.9. The third-order valence-electron chi connectivity index (χ3n) is 3.70. The highest BCUT2D eigenvalue weighted by atomic mass is 14.9. The molecule has 1 aromatic carbocycles. The van der Waals surface area contributed by atoms with Gasteiger partial charge in [0.05, 0.1) is 0 Å². The lowest BCUT2D eigenvalue weighted by Gasteiger charge is -2.29. The molecule has 0 aromatic heterocycles. The van der Waals surface area contributed by atoms with Crippen LogP contribution < -0.4 is 5.32 Å². The van der Waals surface area contributed by atoms with Crippen molar-refractivity contribution < 1.29 is 0 Å². The minimum absolute atomic E-state index is 0.603. The van der Waals surface area contributed by atoms with E-state index in [2.05, 4.69) is 44.3 Å². The molecule has 16 heavy (non-hydrogen) atoms. The summed E-state index contributed by atoms with van der Waals surface area (Å²) in [6, 6.07) is 7.25. The summed E-state index contributed by atoms with van der Waals surface area (Å²) < 4.78 is 0. The highest BCUT2D eigenvalue weighted by Gasteiger charge is 2.19. The van der Waals surface area contributed by atoms with Gasteiger partial charge in [-0.2, -0.15) is 0 Å². The van der Waals surface area contributed by atoms with Gasteiger partial charge in [0.1, 0.15) is 0 Å². The van der Waals surface area contributed by atoms with E-state index in [4.69, 9.17) is 0 Å². The molecule has 0 heterocycles. The predicted octanol–water partition coefficient (Wildman–Crippen LogP) is 4.29. The molecule has 0 saturated heterocycles. The second-order valence-electron chi connectivity index (χ2n) is 5.40. The van der Waals surface area contributed by atoms with Gasteiger partial charge in [-0.1, -0.05) is 37.0 Å². The maximum Gasteiger partial charge on any atom is 0.0372 e. The number of anilines is 1. The van der Waals surface area contributed by atoms with Gasteiger partial charge < -0.3 is 5.32 Å². The standard InChI is InChI=1S/C15H23N/c1-11-7-8-15(12(2)9-11)16-13(3)10-14-5-4-6-14/h7-9,13-14,16H,4-6,10H2,1-3H3. The Morgan fingerprint density at radius 2 is 2.06 bits per heavy atom. The molecule has 1 saturated carbocycles. The Bertz CT molecular complexity index is 352. The van der Waals surface area contributed by atoms with Crippen LogP contribution in [0.1, 0.15) is 43.7 Å². The Labute approximate surface area is 99.3 Å². The number of aryl methyl sites for hydroxylation is 2. The average Bonchev–Trinajstić information content (AvgIpc) is 2.16. The molecule has 0 radical (unpaired) electrons. The summed E-state index contributed by atoms with van der Waals surface area (Å²) in [6.07, 6.45) is 5.66. The van der Waals surface area contributed by atoms with Crippen molar-refractivity contribution in [2.24, 2.45) is 5.92 Å². The van der Waals surface area contributed by atoms with E-state index in [1.165, 1.54) is 42.5 Å². The Kier molecular flexibility index (Phi) is 3.52. The SMILES string of the molecule is Cc1ccc(NC(C)CC2CCC2)c(C)c1. The van der Waals surface area contributed by atoms with Gasteiger partial charge in [-0.25, -0.2) is 0 Å². The zero-order valence-electron chi connectivity index (χ0n) is 10.7. The fraction of sp³-hybridized carbons (Fsp3) is 0.600. The lowest BCUT2D eigenvalue weighted by Crippen LogP contribution is -2.23. The first-order chi connectivity index (χ1) is 7.65. The largest absolute Gasteiger partial charge is 0.382 e.